The maximum absolute atomic E-state index is 12.6. The number of carbonyl (C=O) groups is 1. The first kappa shape index (κ1) is 17.5. The van der Waals surface area contributed by atoms with Crippen LogP contribution in [0, 0.1) is 0 Å². The summed E-state index contributed by atoms with van der Waals surface area (Å²) in [6, 6.07) is 9.57. The van der Waals surface area contributed by atoms with E-state index in [4.69, 9.17) is 9.47 Å². The number of aromatic nitrogens is 2. The van der Waals surface area contributed by atoms with Crippen molar-refractivity contribution in [3.8, 4) is 5.75 Å². The van der Waals surface area contributed by atoms with Gasteiger partial charge in [-0.3, -0.25) is 9.48 Å². The van der Waals surface area contributed by atoms with Crippen molar-refractivity contribution in [2.45, 2.75) is 32.4 Å². The molecule has 0 bridgehead atoms. The molecule has 0 saturated carbocycles. The molecule has 0 aliphatic carbocycles. The van der Waals surface area contributed by atoms with Gasteiger partial charge in [-0.15, -0.1) is 0 Å². The third-order valence-electron chi connectivity index (χ3n) is 4.43. The smallest absolute Gasteiger partial charge is 0.226 e. The second-order valence-corrected chi connectivity index (χ2v) is 6.23. The molecule has 1 aromatic carbocycles. The number of methoxy groups -OCH3 is 1. The van der Waals surface area contributed by atoms with E-state index in [1.165, 1.54) is 0 Å². The lowest BCUT2D eigenvalue weighted by molar-refractivity contribution is -0.133. The highest BCUT2D eigenvalue weighted by atomic mass is 16.5. The Hall–Kier alpha value is -2.34. The Balaban J connectivity index is 1.61. The molecule has 0 saturated heterocycles. The molecule has 25 heavy (non-hydrogen) atoms. The molecule has 134 valence electrons. The van der Waals surface area contributed by atoms with Crippen LogP contribution < -0.4 is 4.74 Å². The van der Waals surface area contributed by atoms with Crippen LogP contribution in [0.4, 0.5) is 0 Å². The first-order valence-corrected chi connectivity index (χ1v) is 8.72. The molecule has 2 aromatic rings. The minimum absolute atomic E-state index is 0.104. The molecule has 1 aromatic heterocycles. The normalized spacial score (nSPS) is 16.6. The molecule has 0 unspecified atom stereocenters. The summed E-state index contributed by atoms with van der Waals surface area (Å²) in [5.74, 6) is 1.02. The van der Waals surface area contributed by atoms with E-state index >= 15 is 0 Å². The Morgan fingerprint density at radius 3 is 2.84 bits per heavy atom. The predicted molar refractivity (Wildman–Crippen MR) is 94.5 cm³/mol. The number of benzene rings is 1. The molecule has 0 fully saturated rings. The second kappa shape index (κ2) is 8.16. The molecule has 6 heteroatoms. The molecule has 0 spiro atoms. The van der Waals surface area contributed by atoms with E-state index in [1.807, 2.05) is 46.1 Å². The highest BCUT2D eigenvalue weighted by molar-refractivity contribution is 5.76. The van der Waals surface area contributed by atoms with Crippen LogP contribution in [0.2, 0.25) is 0 Å². The predicted octanol–water partition coefficient (Wildman–Crippen LogP) is 2.44. The fraction of sp³-hybridized carbons (Fsp3) is 0.474. The van der Waals surface area contributed by atoms with Crippen molar-refractivity contribution in [3.05, 3.63) is 47.8 Å². The van der Waals surface area contributed by atoms with Crippen molar-refractivity contribution < 1.29 is 14.3 Å². The zero-order valence-corrected chi connectivity index (χ0v) is 14.9. The standard InChI is InChI=1S/C19H25N3O3/c1-3-22-13-15-11-21(12-16(14-24-2)19(15)20-22)18(23)9-10-25-17-7-5-4-6-8-17/h4-8,13,16H,3,9-12,14H2,1-2H3/t16-/m1/s1. The average molecular weight is 343 g/mol. The Bertz CT molecular complexity index is 699. The van der Waals surface area contributed by atoms with Crippen LogP contribution in [0.1, 0.15) is 30.5 Å². The third-order valence-corrected chi connectivity index (χ3v) is 4.43. The lowest BCUT2D eigenvalue weighted by atomic mass is 9.97. The summed E-state index contributed by atoms with van der Waals surface area (Å²) in [6.45, 7) is 5.10. The van der Waals surface area contributed by atoms with Crippen molar-refractivity contribution in [1.29, 1.82) is 0 Å². The van der Waals surface area contributed by atoms with Crippen LogP contribution in [0.25, 0.3) is 0 Å². The lowest BCUT2D eigenvalue weighted by Gasteiger charge is -2.31. The number of aryl methyl sites for hydroxylation is 1. The molecule has 1 aliphatic rings. The number of hydrogen-bond donors (Lipinski definition) is 0. The van der Waals surface area contributed by atoms with Gasteiger partial charge in [0.2, 0.25) is 5.91 Å². The number of fused-ring (bicyclic) bond motifs is 1. The van der Waals surface area contributed by atoms with E-state index in [2.05, 4.69) is 12.0 Å². The van der Waals surface area contributed by atoms with Crippen LogP contribution in [-0.4, -0.2) is 47.5 Å². The van der Waals surface area contributed by atoms with Gasteiger partial charge in [0, 0.05) is 44.4 Å². The number of hydrogen-bond acceptors (Lipinski definition) is 4. The molecular weight excluding hydrogens is 318 g/mol. The summed E-state index contributed by atoms with van der Waals surface area (Å²) < 4.78 is 12.9. The lowest BCUT2D eigenvalue weighted by Crippen LogP contribution is -2.39. The van der Waals surface area contributed by atoms with Gasteiger partial charge in [0.05, 0.1) is 25.3 Å². The van der Waals surface area contributed by atoms with E-state index in [-0.39, 0.29) is 11.8 Å². The van der Waals surface area contributed by atoms with Gasteiger partial charge in [-0.25, -0.2) is 0 Å². The molecular formula is C19H25N3O3. The van der Waals surface area contributed by atoms with E-state index in [0.29, 0.717) is 32.7 Å². The van der Waals surface area contributed by atoms with Crippen LogP contribution in [0.3, 0.4) is 0 Å². The van der Waals surface area contributed by atoms with Gasteiger partial charge in [0.15, 0.2) is 0 Å². The van der Waals surface area contributed by atoms with Crippen LogP contribution >= 0.6 is 0 Å². The highest BCUT2D eigenvalue weighted by Crippen LogP contribution is 2.28. The quantitative estimate of drug-likeness (QED) is 0.775. The van der Waals surface area contributed by atoms with Crippen LogP contribution in [0.15, 0.2) is 36.5 Å². The molecule has 1 atom stereocenters. The summed E-state index contributed by atoms with van der Waals surface area (Å²) in [7, 11) is 1.69. The molecule has 6 nitrogen and oxygen atoms in total. The van der Waals surface area contributed by atoms with Gasteiger partial charge in [-0.05, 0) is 19.1 Å². The second-order valence-electron chi connectivity index (χ2n) is 6.23. The molecule has 0 N–H and O–H groups in total. The zero-order valence-electron chi connectivity index (χ0n) is 14.9. The van der Waals surface area contributed by atoms with Crippen molar-refractivity contribution in [1.82, 2.24) is 14.7 Å². The van der Waals surface area contributed by atoms with E-state index in [9.17, 15) is 4.79 Å². The van der Waals surface area contributed by atoms with Crippen LogP contribution in [0.5, 0.6) is 5.75 Å². The van der Waals surface area contributed by atoms with Gasteiger partial charge in [-0.2, -0.15) is 5.10 Å². The minimum atomic E-state index is 0.104. The largest absolute Gasteiger partial charge is 0.493 e. The molecule has 1 aliphatic heterocycles. The summed E-state index contributed by atoms with van der Waals surface area (Å²) in [4.78, 5) is 14.5. The number of para-hydroxylation sites is 1. The van der Waals surface area contributed by atoms with Crippen molar-refractivity contribution >= 4 is 5.91 Å². The van der Waals surface area contributed by atoms with Crippen LogP contribution in [-0.2, 0) is 22.6 Å². The molecule has 0 radical (unpaired) electrons. The molecule has 3 rings (SSSR count). The Morgan fingerprint density at radius 1 is 1.32 bits per heavy atom. The Morgan fingerprint density at radius 2 is 2.12 bits per heavy atom. The first-order valence-electron chi connectivity index (χ1n) is 8.72. The SMILES string of the molecule is CCn1cc2c(n1)[C@@H](COC)CN(C(=O)CCOc1ccccc1)C2. The molecule has 2 heterocycles. The fourth-order valence-electron chi connectivity index (χ4n) is 3.18. The number of ether oxygens (including phenoxy) is 2. The van der Waals surface area contributed by atoms with Gasteiger partial charge in [0.1, 0.15) is 5.75 Å². The van der Waals surface area contributed by atoms with Crippen molar-refractivity contribution in [3.63, 3.8) is 0 Å². The number of amides is 1. The van der Waals surface area contributed by atoms with Gasteiger partial charge in [-0.1, -0.05) is 18.2 Å². The monoisotopic (exact) mass is 343 g/mol. The van der Waals surface area contributed by atoms with Crippen molar-refractivity contribution in [2.75, 3.05) is 26.9 Å². The summed E-state index contributed by atoms with van der Waals surface area (Å²) in [6.07, 6.45) is 2.41. The number of rotatable bonds is 7. The van der Waals surface area contributed by atoms with Gasteiger partial charge in [0.25, 0.3) is 0 Å². The average Bonchev–Trinajstić information content (AvgIpc) is 3.06. The summed E-state index contributed by atoms with van der Waals surface area (Å²) in [5.41, 5.74) is 2.18. The maximum Gasteiger partial charge on any atom is 0.226 e. The zero-order chi connectivity index (χ0) is 17.6. The van der Waals surface area contributed by atoms with E-state index in [0.717, 1.165) is 23.6 Å². The Kier molecular flexibility index (Phi) is 5.71. The van der Waals surface area contributed by atoms with E-state index in [1.54, 1.807) is 7.11 Å². The van der Waals surface area contributed by atoms with Gasteiger partial charge < -0.3 is 14.4 Å². The van der Waals surface area contributed by atoms with E-state index < -0.39 is 0 Å². The number of nitrogens with zero attached hydrogens (tertiary/aromatic N) is 3. The molecule has 1 amide bonds. The minimum Gasteiger partial charge on any atom is -0.493 e. The summed E-state index contributed by atoms with van der Waals surface area (Å²) in [5, 5.41) is 4.64. The summed E-state index contributed by atoms with van der Waals surface area (Å²) >= 11 is 0. The van der Waals surface area contributed by atoms with Gasteiger partial charge >= 0.3 is 0 Å². The number of carbonyl (C=O) groups excluding carboxylic acids is 1. The Labute approximate surface area is 148 Å². The third kappa shape index (κ3) is 4.20. The van der Waals surface area contributed by atoms with Crippen molar-refractivity contribution in [2.24, 2.45) is 0 Å². The maximum atomic E-state index is 12.6. The highest BCUT2D eigenvalue weighted by Gasteiger charge is 2.30. The topological polar surface area (TPSA) is 56.6 Å². The fourth-order valence-corrected chi connectivity index (χ4v) is 3.18. The first-order chi connectivity index (χ1) is 12.2.